The molecular formula is C17H27N3O. The lowest BCUT2D eigenvalue weighted by atomic mass is 10.0. The van der Waals surface area contributed by atoms with Gasteiger partial charge in [-0.2, -0.15) is 0 Å². The summed E-state index contributed by atoms with van der Waals surface area (Å²) in [4.78, 5) is 14.3. The molecule has 2 rings (SSSR count). The van der Waals surface area contributed by atoms with Crippen LogP contribution in [0.25, 0.3) is 0 Å². The molecule has 1 aromatic carbocycles. The number of rotatable bonds is 5. The van der Waals surface area contributed by atoms with E-state index in [2.05, 4.69) is 53.6 Å². The van der Waals surface area contributed by atoms with Gasteiger partial charge in [-0.05, 0) is 37.4 Å². The smallest absolute Gasteiger partial charge is 0.239 e. The Kier molecular flexibility index (Phi) is 5.62. The molecule has 0 saturated heterocycles. The average molecular weight is 289 g/mol. The summed E-state index contributed by atoms with van der Waals surface area (Å²) >= 11 is 0. The number of nitrogens with one attached hydrogen (secondary N) is 2. The van der Waals surface area contributed by atoms with Gasteiger partial charge in [-0.15, -0.1) is 0 Å². The summed E-state index contributed by atoms with van der Waals surface area (Å²) in [5.41, 5.74) is 2.49. The number of nitrogens with zero attached hydrogens (tertiary/aromatic N) is 1. The second-order valence-electron chi connectivity index (χ2n) is 6.16. The van der Waals surface area contributed by atoms with Gasteiger partial charge in [0.1, 0.15) is 0 Å². The van der Waals surface area contributed by atoms with Gasteiger partial charge in [0.25, 0.3) is 0 Å². The van der Waals surface area contributed by atoms with Crippen LogP contribution in [-0.2, 0) is 4.79 Å². The van der Waals surface area contributed by atoms with E-state index in [1.54, 1.807) is 0 Å². The van der Waals surface area contributed by atoms with E-state index >= 15 is 0 Å². The minimum Gasteiger partial charge on any atom is -0.362 e. The fourth-order valence-corrected chi connectivity index (χ4v) is 2.84. The summed E-state index contributed by atoms with van der Waals surface area (Å²) in [6.07, 6.45) is 2.20. The topological polar surface area (TPSA) is 44.4 Å². The number of para-hydroxylation sites is 1. The van der Waals surface area contributed by atoms with Crippen LogP contribution < -0.4 is 15.5 Å². The van der Waals surface area contributed by atoms with Gasteiger partial charge in [-0.1, -0.05) is 32.0 Å². The molecule has 0 aliphatic carbocycles. The fraction of sp³-hybridized carbons (Fsp3) is 0.588. The highest BCUT2D eigenvalue weighted by atomic mass is 16.2. The van der Waals surface area contributed by atoms with Crippen LogP contribution in [0.2, 0.25) is 0 Å². The van der Waals surface area contributed by atoms with Crippen LogP contribution in [0.15, 0.2) is 24.3 Å². The Balaban J connectivity index is 2.10. The quantitative estimate of drug-likeness (QED) is 0.874. The van der Waals surface area contributed by atoms with Crippen LogP contribution in [0.1, 0.15) is 38.3 Å². The van der Waals surface area contributed by atoms with Crippen LogP contribution in [0.4, 0.5) is 5.69 Å². The van der Waals surface area contributed by atoms with Crippen molar-refractivity contribution in [2.45, 2.75) is 32.7 Å². The highest BCUT2D eigenvalue weighted by molar-refractivity contribution is 5.81. The number of anilines is 1. The Morgan fingerprint density at radius 2 is 2.14 bits per heavy atom. The molecular weight excluding hydrogens is 262 g/mol. The second kappa shape index (κ2) is 7.46. The first kappa shape index (κ1) is 15.8. The molecule has 0 saturated carbocycles. The fourth-order valence-electron chi connectivity index (χ4n) is 2.84. The van der Waals surface area contributed by atoms with E-state index in [9.17, 15) is 4.79 Å². The average Bonchev–Trinajstić information content (AvgIpc) is 2.65. The molecule has 0 radical (unpaired) electrons. The molecule has 1 atom stereocenters. The maximum absolute atomic E-state index is 12.1. The lowest BCUT2D eigenvalue weighted by molar-refractivity contribution is -0.119. The Bertz CT molecular complexity index is 473. The van der Waals surface area contributed by atoms with Gasteiger partial charge in [-0.3, -0.25) is 4.79 Å². The highest BCUT2D eigenvalue weighted by Gasteiger charge is 2.22. The molecule has 1 aliphatic rings. The van der Waals surface area contributed by atoms with E-state index in [4.69, 9.17) is 0 Å². The molecule has 4 heteroatoms. The largest absolute Gasteiger partial charge is 0.362 e. The van der Waals surface area contributed by atoms with Gasteiger partial charge < -0.3 is 15.5 Å². The summed E-state index contributed by atoms with van der Waals surface area (Å²) in [5.74, 6) is 0.598. The van der Waals surface area contributed by atoms with Crippen molar-refractivity contribution in [2.75, 3.05) is 31.6 Å². The van der Waals surface area contributed by atoms with Gasteiger partial charge in [0.15, 0.2) is 0 Å². The zero-order valence-electron chi connectivity index (χ0n) is 13.4. The van der Waals surface area contributed by atoms with Crippen LogP contribution in [0, 0.1) is 5.92 Å². The zero-order chi connectivity index (χ0) is 15.2. The standard InChI is InChI=1S/C17H27N3O/c1-13(2)11-19-17(21)12-20-10-6-8-15(18-3)14-7-4-5-9-16(14)20/h4-5,7,9,13,15,18H,6,8,10-12H2,1-3H3,(H,19,21). The van der Waals surface area contributed by atoms with Gasteiger partial charge in [-0.25, -0.2) is 0 Å². The van der Waals surface area contributed by atoms with Gasteiger partial charge in [0.2, 0.25) is 5.91 Å². The first-order chi connectivity index (χ1) is 10.1. The van der Waals surface area contributed by atoms with E-state index in [1.165, 1.54) is 11.3 Å². The number of hydrogen-bond acceptors (Lipinski definition) is 3. The van der Waals surface area contributed by atoms with Crippen molar-refractivity contribution in [2.24, 2.45) is 5.92 Å². The number of carbonyl (C=O) groups is 1. The maximum Gasteiger partial charge on any atom is 0.239 e. The monoisotopic (exact) mass is 289 g/mol. The Morgan fingerprint density at radius 1 is 1.38 bits per heavy atom. The Hall–Kier alpha value is -1.55. The third-order valence-electron chi connectivity index (χ3n) is 3.96. The molecule has 1 aromatic rings. The molecule has 1 amide bonds. The van der Waals surface area contributed by atoms with Crippen LogP contribution in [0.3, 0.4) is 0 Å². The van der Waals surface area contributed by atoms with E-state index in [1.807, 2.05) is 7.05 Å². The second-order valence-corrected chi connectivity index (χ2v) is 6.16. The van der Waals surface area contributed by atoms with Crippen LogP contribution in [-0.4, -0.2) is 32.6 Å². The normalized spacial score (nSPS) is 18.3. The molecule has 4 nitrogen and oxygen atoms in total. The third kappa shape index (κ3) is 4.21. The van der Waals surface area contributed by atoms with E-state index in [0.717, 1.165) is 25.9 Å². The molecule has 0 bridgehead atoms. The predicted molar refractivity (Wildman–Crippen MR) is 87.5 cm³/mol. The lowest BCUT2D eigenvalue weighted by Crippen LogP contribution is -2.39. The number of fused-ring (bicyclic) bond motifs is 1. The van der Waals surface area contributed by atoms with Crippen molar-refractivity contribution in [1.82, 2.24) is 10.6 Å². The van der Waals surface area contributed by atoms with Crippen molar-refractivity contribution in [1.29, 1.82) is 0 Å². The van der Waals surface area contributed by atoms with Crippen molar-refractivity contribution < 1.29 is 4.79 Å². The summed E-state index contributed by atoms with van der Waals surface area (Å²) in [5, 5.41) is 6.40. The summed E-state index contributed by atoms with van der Waals surface area (Å²) in [6, 6.07) is 8.80. The van der Waals surface area contributed by atoms with Crippen LogP contribution in [0.5, 0.6) is 0 Å². The molecule has 0 spiro atoms. The minimum absolute atomic E-state index is 0.112. The van der Waals surface area contributed by atoms with Gasteiger partial charge >= 0.3 is 0 Å². The van der Waals surface area contributed by atoms with Crippen molar-refractivity contribution in [3.8, 4) is 0 Å². The first-order valence-corrected chi connectivity index (χ1v) is 7.89. The minimum atomic E-state index is 0.112. The third-order valence-corrected chi connectivity index (χ3v) is 3.96. The van der Waals surface area contributed by atoms with Crippen molar-refractivity contribution in [3.05, 3.63) is 29.8 Å². The van der Waals surface area contributed by atoms with E-state index in [0.29, 0.717) is 18.5 Å². The van der Waals surface area contributed by atoms with E-state index in [-0.39, 0.29) is 5.91 Å². The summed E-state index contributed by atoms with van der Waals surface area (Å²) in [7, 11) is 2.01. The molecule has 1 heterocycles. The summed E-state index contributed by atoms with van der Waals surface area (Å²) in [6.45, 7) is 6.34. The highest BCUT2D eigenvalue weighted by Crippen LogP contribution is 2.32. The Labute approximate surface area is 127 Å². The number of hydrogen-bond donors (Lipinski definition) is 2. The van der Waals surface area contributed by atoms with E-state index < -0.39 is 0 Å². The number of amides is 1. The lowest BCUT2D eigenvalue weighted by Gasteiger charge is -2.25. The van der Waals surface area contributed by atoms with Crippen LogP contribution >= 0.6 is 0 Å². The predicted octanol–water partition coefficient (Wildman–Crippen LogP) is 2.32. The molecule has 21 heavy (non-hydrogen) atoms. The summed E-state index contributed by atoms with van der Waals surface area (Å²) < 4.78 is 0. The molecule has 0 aromatic heterocycles. The van der Waals surface area contributed by atoms with Gasteiger partial charge in [0, 0.05) is 24.8 Å². The first-order valence-electron chi connectivity index (χ1n) is 7.89. The molecule has 1 unspecified atom stereocenters. The number of benzene rings is 1. The zero-order valence-corrected chi connectivity index (χ0v) is 13.4. The molecule has 0 fully saturated rings. The Morgan fingerprint density at radius 3 is 2.86 bits per heavy atom. The molecule has 2 N–H and O–H groups in total. The molecule has 1 aliphatic heterocycles. The van der Waals surface area contributed by atoms with Crippen molar-refractivity contribution in [3.63, 3.8) is 0 Å². The number of carbonyl (C=O) groups excluding carboxylic acids is 1. The SMILES string of the molecule is CNC1CCCN(CC(=O)NCC(C)C)c2ccccc21. The van der Waals surface area contributed by atoms with Gasteiger partial charge in [0.05, 0.1) is 6.54 Å². The van der Waals surface area contributed by atoms with Crippen molar-refractivity contribution >= 4 is 11.6 Å². The maximum atomic E-state index is 12.1. The molecule has 116 valence electrons.